The van der Waals surface area contributed by atoms with Crippen LogP contribution >= 0.6 is 0 Å². The average Bonchev–Trinajstić information content (AvgIpc) is 2.82. The van der Waals surface area contributed by atoms with E-state index in [1.165, 1.54) is 53.5 Å². The fraction of sp³-hybridized carbons (Fsp3) is 0.350. The molecule has 0 N–H and O–H groups in total. The molecular formula is C20H25. The lowest BCUT2D eigenvalue weighted by Crippen LogP contribution is -1.96. The summed E-state index contributed by atoms with van der Waals surface area (Å²) >= 11 is 0. The van der Waals surface area contributed by atoms with Crippen molar-refractivity contribution in [2.75, 3.05) is 0 Å². The highest BCUT2D eigenvalue weighted by molar-refractivity contribution is 5.72. The van der Waals surface area contributed by atoms with Crippen LogP contribution in [0.1, 0.15) is 54.9 Å². The largest absolute Gasteiger partial charge is 0.103 e. The number of hydrogen-bond donors (Lipinski definition) is 0. The molecule has 0 saturated heterocycles. The first-order valence-electron chi connectivity index (χ1n) is 7.71. The summed E-state index contributed by atoms with van der Waals surface area (Å²) in [5.74, 6) is 0. The van der Waals surface area contributed by atoms with E-state index in [1.54, 1.807) is 0 Å². The van der Waals surface area contributed by atoms with E-state index in [9.17, 15) is 0 Å². The monoisotopic (exact) mass is 265 g/mol. The molecule has 0 aromatic heterocycles. The lowest BCUT2D eigenvalue weighted by atomic mass is 9.94. The van der Waals surface area contributed by atoms with E-state index in [0.29, 0.717) is 0 Å². The van der Waals surface area contributed by atoms with Gasteiger partial charge in [-0.1, -0.05) is 55.7 Å². The summed E-state index contributed by atoms with van der Waals surface area (Å²) in [6.45, 7) is 9.96. The molecule has 0 nitrogen and oxygen atoms in total. The molecule has 0 heterocycles. The summed E-state index contributed by atoms with van der Waals surface area (Å²) < 4.78 is 0. The molecule has 0 saturated carbocycles. The molecule has 1 aromatic carbocycles. The molecule has 0 spiro atoms. The summed E-state index contributed by atoms with van der Waals surface area (Å²) in [5, 5.41) is 0. The number of hydrogen-bond acceptors (Lipinski definition) is 0. The molecule has 2 rings (SSSR count). The van der Waals surface area contributed by atoms with Gasteiger partial charge in [0.15, 0.2) is 0 Å². The summed E-state index contributed by atoms with van der Waals surface area (Å²) in [7, 11) is 0. The molecule has 1 aliphatic carbocycles. The predicted molar refractivity (Wildman–Crippen MR) is 89.8 cm³/mol. The van der Waals surface area contributed by atoms with Crippen molar-refractivity contribution in [2.45, 2.75) is 45.4 Å². The zero-order chi connectivity index (χ0) is 14.4. The maximum absolute atomic E-state index is 3.86. The van der Waals surface area contributed by atoms with Crippen molar-refractivity contribution in [3.8, 4) is 0 Å². The number of unbranched alkanes of at least 4 members (excludes halogenated alkanes) is 2. The Labute approximate surface area is 123 Å². The third kappa shape index (κ3) is 3.50. The van der Waals surface area contributed by atoms with Crippen molar-refractivity contribution in [1.29, 1.82) is 0 Å². The van der Waals surface area contributed by atoms with Crippen LogP contribution in [0.3, 0.4) is 0 Å². The maximum atomic E-state index is 3.86. The van der Waals surface area contributed by atoms with Crippen molar-refractivity contribution in [3.05, 3.63) is 71.7 Å². The first-order chi connectivity index (χ1) is 9.78. The minimum atomic E-state index is 0.957. The van der Waals surface area contributed by atoms with Gasteiger partial charge in [-0.25, -0.2) is 0 Å². The van der Waals surface area contributed by atoms with Crippen LogP contribution in [0.25, 0.3) is 6.08 Å². The van der Waals surface area contributed by atoms with Gasteiger partial charge in [0.25, 0.3) is 0 Å². The van der Waals surface area contributed by atoms with E-state index in [4.69, 9.17) is 0 Å². The Kier molecular flexibility index (Phi) is 5.40. The summed E-state index contributed by atoms with van der Waals surface area (Å²) in [5.41, 5.74) is 7.08. The molecule has 1 radical (unpaired) electrons. The third-order valence-electron chi connectivity index (χ3n) is 3.84. The Morgan fingerprint density at radius 1 is 1.05 bits per heavy atom. The van der Waals surface area contributed by atoms with E-state index in [0.717, 1.165) is 12.8 Å². The lowest BCUT2D eigenvalue weighted by Gasteiger charge is -2.10. The molecule has 20 heavy (non-hydrogen) atoms. The Morgan fingerprint density at radius 3 is 2.55 bits per heavy atom. The minimum absolute atomic E-state index is 0.957. The first kappa shape index (κ1) is 14.8. The van der Waals surface area contributed by atoms with Gasteiger partial charge in [0.05, 0.1) is 0 Å². The predicted octanol–water partition coefficient (Wildman–Crippen LogP) is 5.67. The van der Waals surface area contributed by atoms with Gasteiger partial charge in [0.2, 0.25) is 0 Å². The van der Waals surface area contributed by atoms with Crippen LogP contribution in [-0.4, -0.2) is 0 Å². The van der Waals surface area contributed by atoms with Crippen LogP contribution in [0, 0.1) is 6.42 Å². The highest BCUT2D eigenvalue weighted by Gasteiger charge is 2.16. The fourth-order valence-electron chi connectivity index (χ4n) is 2.87. The van der Waals surface area contributed by atoms with Crippen LogP contribution < -0.4 is 0 Å². The molecule has 0 bridgehead atoms. The van der Waals surface area contributed by atoms with Gasteiger partial charge in [-0.2, -0.15) is 0 Å². The molecule has 1 aliphatic rings. The van der Waals surface area contributed by atoms with Crippen LogP contribution in [0.4, 0.5) is 0 Å². The Bertz CT molecular complexity index is 517. The zero-order valence-corrected chi connectivity index (χ0v) is 12.6. The molecule has 0 aliphatic heterocycles. The second-order valence-electron chi connectivity index (χ2n) is 5.56. The lowest BCUT2D eigenvalue weighted by molar-refractivity contribution is 0.716. The van der Waals surface area contributed by atoms with Crippen LogP contribution in [0.15, 0.2) is 43.0 Å². The molecule has 0 amide bonds. The molecule has 105 valence electrons. The van der Waals surface area contributed by atoms with Crippen molar-refractivity contribution in [1.82, 2.24) is 0 Å². The summed E-state index contributed by atoms with van der Waals surface area (Å²) in [6.07, 6.45) is 15.6. The molecule has 1 aromatic rings. The van der Waals surface area contributed by atoms with Gasteiger partial charge in [-0.3, -0.25) is 0 Å². The highest BCUT2D eigenvalue weighted by Crippen LogP contribution is 2.33. The molecular weight excluding hydrogens is 240 g/mol. The number of fused-ring (bicyclic) bond motifs is 1. The van der Waals surface area contributed by atoms with Gasteiger partial charge in [-0.05, 0) is 47.9 Å². The number of benzene rings is 1. The van der Waals surface area contributed by atoms with Crippen LogP contribution in [0.5, 0.6) is 0 Å². The summed E-state index contributed by atoms with van der Waals surface area (Å²) in [6, 6.07) is 4.68. The number of aryl methyl sites for hydroxylation is 1. The quantitative estimate of drug-likeness (QED) is 0.419. The second-order valence-corrected chi connectivity index (χ2v) is 5.56. The normalized spacial score (nSPS) is 12.9. The number of allylic oxidation sites excluding steroid dienone is 3. The molecule has 0 unspecified atom stereocenters. The molecule has 0 heteroatoms. The molecule has 0 fully saturated rings. The molecule has 0 atom stereocenters. The van der Waals surface area contributed by atoms with Crippen LogP contribution in [-0.2, 0) is 12.8 Å². The van der Waals surface area contributed by atoms with Crippen molar-refractivity contribution in [3.63, 3.8) is 0 Å². The standard InChI is InChI=1S/C20H25/c1-4-7-8-11-18-12-16(9-5-2)13-19-14-17(10-6-3)15-20(18)19/h5-6,12-15H,2-4,7-11H2,1H3. The fourth-order valence-corrected chi connectivity index (χ4v) is 2.87. The van der Waals surface area contributed by atoms with Gasteiger partial charge in [0.1, 0.15) is 0 Å². The third-order valence-corrected chi connectivity index (χ3v) is 3.84. The van der Waals surface area contributed by atoms with Gasteiger partial charge in [-0.15, -0.1) is 13.2 Å². The van der Waals surface area contributed by atoms with E-state index in [2.05, 4.69) is 44.7 Å². The van der Waals surface area contributed by atoms with E-state index in [1.807, 2.05) is 12.2 Å². The summed E-state index contributed by atoms with van der Waals surface area (Å²) in [4.78, 5) is 0. The van der Waals surface area contributed by atoms with Crippen molar-refractivity contribution in [2.24, 2.45) is 0 Å². The van der Waals surface area contributed by atoms with Crippen molar-refractivity contribution >= 4 is 6.08 Å². The Morgan fingerprint density at radius 2 is 1.85 bits per heavy atom. The van der Waals surface area contributed by atoms with Gasteiger partial charge in [0, 0.05) is 6.42 Å². The first-order valence-corrected chi connectivity index (χ1v) is 7.71. The second kappa shape index (κ2) is 7.28. The van der Waals surface area contributed by atoms with Gasteiger partial charge >= 0.3 is 0 Å². The smallest absolute Gasteiger partial charge is 0.0167 e. The zero-order valence-electron chi connectivity index (χ0n) is 12.6. The average molecular weight is 265 g/mol. The van der Waals surface area contributed by atoms with Crippen molar-refractivity contribution < 1.29 is 0 Å². The maximum Gasteiger partial charge on any atom is 0.0167 e. The van der Waals surface area contributed by atoms with E-state index < -0.39 is 0 Å². The van der Waals surface area contributed by atoms with Gasteiger partial charge < -0.3 is 0 Å². The topological polar surface area (TPSA) is 0 Å². The number of rotatable bonds is 8. The van der Waals surface area contributed by atoms with E-state index >= 15 is 0 Å². The van der Waals surface area contributed by atoms with Crippen LogP contribution in [0.2, 0.25) is 0 Å². The van der Waals surface area contributed by atoms with E-state index in [-0.39, 0.29) is 0 Å². The SMILES string of the molecule is C=CCC1=Cc2c(cc(CC=C)cc2CCCCC)[CH]1. The minimum Gasteiger partial charge on any atom is -0.103 e. The highest BCUT2D eigenvalue weighted by atomic mass is 14.2. The Hall–Kier alpha value is -1.56. The Balaban J connectivity index is 2.26.